The molecule has 3 rings (SSSR count). The molecule has 0 unspecified atom stereocenters. The number of ketones is 1. The molecule has 8 atom stereocenters. The number of hydrogen-bond acceptors (Lipinski definition) is 6. The summed E-state index contributed by atoms with van der Waals surface area (Å²) in [6.07, 6.45) is 2.91. The van der Waals surface area contributed by atoms with Crippen molar-refractivity contribution in [1.82, 2.24) is 0 Å². The van der Waals surface area contributed by atoms with Crippen molar-refractivity contribution in [1.29, 1.82) is 0 Å². The Bertz CT molecular complexity index is 877. The van der Waals surface area contributed by atoms with E-state index >= 15 is 0 Å². The molecule has 0 aliphatic heterocycles. The van der Waals surface area contributed by atoms with Gasteiger partial charge < -0.3 is 13.9 Å². The molecule has 0 heterocycles. The minimum Gasteiger partial charge on any atom is -0.458 e. The lowest BCUT2D eigenvalue weighted by atomic mass is 9.41. The third-order valence-electron chi connectivity index (χ3n) is 11.0. The highest BCUT2D eigenvalue weighted by Gasteiger charge is 2.68. The maximum Gasteiger partial charge on any atom is 0.303 e. The van der Waals surface area contributed by atoms with Crippen molar-refractivity contribution >= 4 is 26.0 Å². The van der Waals surface area contributed by atoms with Gasteiger partial charge >= 0.3 is 11.9 Å². The van der Waals surface area contributed by atoms with Crippen LogP contribution in [0.4, 0.5) is 0 Å². The molecule has 3 aliphatic carbocycles. The quantitative estimate of drug-likeness (QED) is 0.237. The molecule has 0 spiro atoms. The van der Waals surface area contributed by atoms with Gasteiger partial charge in [0.25, 0.3) is 0 Å². The van der Waals surface area contributed by atoms with E-state index in [1.54, 1.807) is 0 Å². The summed E-state index contributed by atoms with van der Waals surface area (Å²) >= 11 is 0. The first-order valence-electron chi connectivity index (χ1n) is 15.1. The van der Waals surface area contributed by atoms with Gasteiger partial charge in [-0.3, -0.25) is 14.4 Å². The molecule has 0 aromatic heterocycles. The van der Waals surface area contributed by atoms with Gasteiger partial charge in [0.05, 0.1) is 0 Å². The van der Waals surface area contributed by atoms with Crippen molar-refractivity contribution in [3.63, 3.8) is 0 Å². The lowest BCUT2D eigenvalue weighted by Crippen LogP contribution is -2.68. The van der Waals surface area contributed by atoms with Crippen LogP contribution in [0.1, 0.15) is 108 Å². The molecule has 6 nitrogen and oxygen atoms in total. The monoisotopic (exact) mass is 550 g/mol. The van der Waals surface area contributed by atoms with Crippen molar-refractivity contribution < 1.29 is 28.3 Å². The van der Waals surface area contributed by atoms with Gasteiger partial charge in [-0.25, -0.2) is 0 Å². The second-order valence-electron chi connectivity index (χ2n) is 14.1. The fourth-order valence-corrected chi connectivity index (χ4v) is 15.3. The number of ether oxygens (including phenoxy) is 2. The predicted octanol–water partition coefficient (Wildman–Crippen LogP) is 7.10. The smallest absolute Gasteiger partial charge is 0.303 e. The molecule has 0 aromatic rings. The van der Waals surface area contributed by atoms with Crippen LogP contribution in [0.25, 0.3) is 0 Å². The Kier molecular flexibility index (Phi) is 9.35. The van der Waals surface area contributed by atoms with Crippen LogP contribution in [-0.4, -0.2) is 44.9 Å². The lowest BCUT2D eigenvalue weighted by molar-refractivity contribution is -0.236. The van der Waals surface area contributed by atoms with E-state index < -0.39 is 31.9 Å². The van der Waals surface area contributed by atoms with Crippen molar-refractivity contribution in [2.24, 2.45) is 34.5 Å². The van der Waals surface area contributed by atoms with E-state index in [1.165, 1.54) is 13.8 Å². The molecule has 0 bridgehead atoms. The van der Waals surface area contributed by atoms with Crippen LogP contribution in [0.2, 0.25) is 16.6 Å². The molecule has 0 amide bonds. The average molecular weight is 551 g/mol. The number of carbonyl (C=O) groups excluding carboxylic acids is 3. The SMILES string of the molecule is CC(=O)O[C@@H]1[C@H](OC(C)=O)[C@H](C)C[C@]2(CO[Si](C(C)C)(C(C)C)C(C)C)CC[C@H]3[C@H](C)CCC(=O)[C@]3(C)[C@@H]12. The van der Waals surface area contributed by atoms with Gasteiger partial charge in [-0.05, 0) is 60.1 Å². The number of rotatable bonds is 8. The molecular formula is C31H54O6Si. The first-order chi connectivity index (χ1) is 17.5. The van der Waals surface area contributed by atoms with E-state index in [4.69, 9.17) is 13.9 Å². The van der Waals surface area contributed by atoms with Crippen LogP contribution in [0.3, 0.4) is 0 Å². The Morgan fingerprint density at radius 2 is 1.42 bits per heavy atom. The van der Waals surface area contributed by atoms with Crippen LogP contribution >= 0.6 is 0 Å². The van der Waals surface area contributed by atoms with Gasteiger partial charge in [0.2, 0.25) is 0 Å². The topological polar surface area (TPSA) is 78.9 Å². The normalized spacial score (nSPS) is 37.7. The van der Waals surface area contributed by atoms with E-state index in [-0.39, 0.29) is 34.9 Å². The second-order valence-corrected chi connectivity index (χ2v) is 19.6. The number of carbonyl (C=O) groups is 3. The number of fused-ring (bicyclic) bond motifs is 3. The predicted molar refractivity (Wildman–Crippen MR) is 152 cm³/mol. The lowest BCUT2D eigenvalue weighted by Gasteiger charge is -2.65. The van der Waals surface area contributed by atoms with Crippen molar-refractivity contribution in [2.45, 2.75) is 137 Å². The van der Waals surface area contributed by atoms with E-state index in [2.05, 4.69) is 62.3 Å². The molecule has 218 valence electrons. The van der Waals surface area contributed by atoms with E-state index in [0.29, 0.717) is 35.6 Å². The first-order valence-corrected chi connectivity index (χ1v) is 17.2. The minimum absolute atomic E-state index is 0.0208. The summed E-state index contributed by atoms with van der Waals surface area (Å²) in [6.45, 7) is 23.7. The third-order valence-corrected chi connectivity index (χ3v) is 17.1. The molecule has 3 saturated carbocycles. The molecular weight excluding hydrogens is 496 g/mol. The molecule has 0 saturated heterocycles. The zero-order chi connectivity index (χ0) is 28.8. The largest absolute Gasteiger partial charge is 0.458 e. The zero-order valence-corrected chi connectivity index (χ0v) is 26.9. The molecule has 3 aliphatic rings. The summed E-state index contributed by atoms with van der Waals surface area (Å²) in [4.78, 5) is 38.8. The highest BCUT2D eigenvalue weighted by Crippen LogP contribution is 2.66. The van der Waals surface area contributed by atoms with Gasteiger partial charge in [0.1, 0.15) is 18.0 Å². The number of hydrogen-bond donors (Lipinski definition) is 0. The zero-order valence-electron chi connectivity index (χ0n) is 25.9. The van der Waals surface area contributed by atoms with E-state index in [9.17, 15) is 14.4 Å². The van der Waals surface area contributed by atoms with Crippen LogP contribution in [0.5, 0.6) is 0 Å². The van der Waals surface area contributed by atoms with Gasteiger partial charge in [-0.1, -0.05) is 62.3 Å². The average Bonchev–Trinajstić information content (AvgIpc) is 2.78. The van der Waals surface area contributed by atoms with Crippen LogP contribution in [0.15, 0.2) is 0 Å². The van der Waals surface area contributed by atoms with Gasteiger partial charge in [-0.2, -0.15) is 0 Å². The summed E-state index contributed by atoms with van der Waals surface area (Å²) in [5.74, 6) is -0.157. The Labute approximate surface area is 232 Å². The Morgan fingerprint density at radius 3 is 1.92 bits per heavy atom. The summed E-state index contributed by atoms with van der Waals surface area (Å²) < 4.78 is 19.3. The summed E-state index contributed by atoms with van der Waals surface area (Å²) in [7, 11) is -2.19. The fourth-order valence-electron chi connectivity index (χ4n) is 9.73. The molecule has 0 radical (unpaired) electrons. The van der Waals surface area contributed by atoms with Crippen LogP contribution < -0.4 is 0 Å². The molecule has 0 N–H and O–H groups in total. The van der Waals surface area contributed by atoms with Gasteiger partial charge in [-0.15, -0.1) is 0 Å². The maximum atomic E-state index is 14.0. The highest BCUT2D eigenvalue weighted by molar-refractivity contribution is 6.77. The number of Topliss-reactive ketones (excluding diaryl/α,β-unsaturated/α-hetero) is 1. The van der Waals surface area contributed by atoms with Gasteiger partial charge in [0.15, 0.2) is 8.32 Å². The van der Waals surface area contributed by atoms with E-state index in [0.717, 1.165) is 25.7 Å². The fraction of sp³-hybridized carbons (Fsp3) is 0.903. The van der Waals surface area contributed by atoms with E-state index in [1.807, 2.05) is 0 Å². The standard InChI is InChI=1S/C31H54O6Si/c1-18(2)38(19(3)4,20(5)6)35-17-31-15-14-25-21(7)12-13-26(34)30(25,11)29(31)28(37-24(10)33)27(22(8)16-31)36-23(9)32/h18-22,25,27-29H,12-17H2,1-11H3/t21-,22-,25+,27-,28-,29-,30-,31+/m1/s1. The van der Waals surface area contributed by atoms with Crippen molar-refractivity contribution in [3.05, 3.63) is 0 Å². The Balaban J connectivity index is 2.20. The molecule has 0 aromatic carbocycles. The van der Waals surface area contributed by atoms with Crippen LogP contribution in [-0.2, 0) is 28.3 Å². The van der Waals surface area contributed by atoms with Crippen molar-refractivity contribution in [2.75, 3.05) is 6.61 Å². The third kappa shape index (κ3) is 5.15. The summed E-state index contributed by atoms with van der Waals surface area (Å²) in [5.41, 5.74) is 0.347. The molecule has 3 fully saturated rings. The van der Waals surface area contributed by atoms with Crippen molar-refractivity contribution in [3.8, 4) is 0 Å². The van der Waals surface area contributed by atoms with Gasteiger partial charge in [0, 0.05) is 43.6 Å². The van der Waals surface area contributed by atoms with Crippen LogP contribution in [0, 0.1) is 34.5 Å². The summed E-state index contributed by atoms with van der Waals surface area (Å²) in [5, 5.41) is 0. The second kappa shape index (κ2) is 11.3. The Morgan fingerprint density at radius 1 is 0.895 bits per heavy atom. The molecule has 38 heavy (non-hydrogen) atoms. The maximum absolute atomic E-state index is 14.0. The molecule has 7 heteroatoms. The highest BCUT2D eigenvalue weighted by atomic mass is 28.4. The number of esters is 2. The summed E-state index contributed by atoms with van der Waals surface area (Å²) in [6, 6.07) is 0. The first kappa shape index (κ1) is 31.3. The Hall–Kier alpha value is -1.21. The minimum atomic E-state index is -2.19.